The molecule has 42 heavy (non-hydrogen) atoms. The maximum atomic E-state index is 14.2. The molecule has 2 aliphatic carbocycles. The average Bonchev–Trinajstić information content (AvgIpc) is 2.96. The zero-order chi connectivity index (χ0) is 30.9. The van der Waals surface area contributed by atoms with Gasteiger partial charge in [-0.25, -0.2) is 4.79 Å². The minimum Gasteiger partial charge on any atom is -0.492 e. The number of Topliss-reactive ketones (excluding diaryl/α,β-unsaturated/α-hetero) is 4. The van der Waals surface area contributed by atoms with Gasteiger partial charge in [0.25, 0.3) is 0 Å². The molecule has 1 amide bonds. The van der Waals surface area contributed by atoms with E-state index in [9.17, 15) is 33.9 Å². The zero-order valence-corrected chi connectivity index (χ0v) is 24.4. The van der Waals surface area contributed by atoms with Gasteiger partial charge < -0.3 is 24.2 Å². The van der Waals surface area contributed by atoms with Crippen LogP contribution in [0.15, 0.2) is 56.6 Å². The Morgan fingerprint density at radius 2 is 1.48 bits per heavy atom. The number of ketones is 4. The van der Waals surface area contributed by atoms with Gasteiger partial charge >= 0.3 is 5.97 Å². The molecule has 3 aliphatic heterocycles. The van der Waals surface area contributed by atoms with Crippen molar-refractivity contribution in [2.24, 2.45) is 0 Å². The molecule has 1 N–H and O–H groups in total. The summed E-state index contributed by atoms with van der Waals surface area (Å²) in [5, 5.41) is 11.4. The molecule has 0 aromatic heterocycles. The Morgan fingerprint density at radius 1 is 0.905 bits per heavy atom. The second-order valence-corrected chi connectivity index (χ2v) is 11.0. The largest absolute Gasteiger partial charge is 0.492 e. The van der Waals surface area contributed by atoms with Crippen LogP contribution in [-0.2, 0) is 43.0 Å². The Bertz CT molecular complexity index is 1540. The van der Waals surface area contributed by atoms with E-state index >= 15 is 0 Å². The van der Waals surface area contributed by atoms with Crippen LogP contribution < -0.4 is 0 Å². The molecule has 5 atom stereocenters. The molecule has 0 spiro atoms. The number of allylic oxidation sites excluding steroid dienone is 5. The molecule has 5 aliphatic rings. The van der Waals surface area contributed by atoms with Crippen LogP contribution in [0.3, 0.4) is 0 Å². The number of hydrogen-bond acceptors (Lipinski definition) is 11. The summed E-state index contributed by atoms with van der Waals surface area (Å²) in [6.07, 6.45) is -0.242. The van der Waals surface area contributed by atoms with Crippen molar-refractivity contribution in [1.29, 1.82) is 0 Å². The van der Waals surface area contributed by atoms with Crippen molar-refractivity contribution in [3.63, 3.8) is 0 Å². The average molecular weight is 581 g/mol. The number of likely N-dealkylation sites (N-methyl/N-ethyl adjacent to an activating group) is 1. The topological polar surface area (TPSA) is 157 Å². The van der Waals surface area contributed by atoms with Gasteiger partial charge in [-0.2, -0.15) is 0 Å². The Kier molecular flexibility index (Phi) is 7.18. The van der Waals surface area contributed by atoms with E-state index in [2.05, 4.69) is 0 Å². The van der Waals surface area contributed by atoms with Crippen molar-refractivity contribution in [2.45, 2.75) is 64.4 Å². The molecule has 1 saturated heterocycles. The Morgan fingerprint density at radius 3 is 2.05 bits per heavy atom. The maximum Gasteiger partial charge on any atom is 0.333 e. The molecule has 222 valence electrons. The number of piperazine rings is 1. The molecule has 0 aromatic carbocycles. The first-order valence-electron chi connectivity index (χ1n) is 13.5. The monoisotopic (exact) mass is 580 g/mol. The standard InChI is InChI=1S/C30H32N2O10/c1-8-11(2)30(39)42-10-16-17-14(22(33)12(3)27(40-6)25(17)36)9-15-20-18-19(23(34)13(4)28(41-7)26(18)37)24(35)21(31(20)5)29(38)32(15)16/h8,15-16,20-21,24,35H,9-10H2,1-7H3/b11-8-/t15-,16-,20?,21?,24-/m0/s1. The summed E-state index contributed by atoms with van der Waals surface area (Å²) < 4.78 is 16.1. The van der Waals surface area contributed by atoms with E-state index in [1.165, 1.54) is 37.9 Å². The summed E-state index contributed by atoms with van der Waals surface area (Å²) in [6, 6.07) is -4.38. The lowest BCUT2D eigenvalue weighted by Crippen LogP contribution is -2.75. The summed E-state index contributed by atoms with van der Waals surface area (Å²) in [6.45, 7) is 5.61. The smallest absolute Gasteiger partial charge is 0.333 e. The van der Waals surface area contributed by atoms with E-state index in [1.54, 1.807) is 27.0 Å². The predicted molar refractivity (Wildman–Crippen MR) is 144 cm³/mol. The highest BCUT2D eigenvalue weighted by molar-refractivity contribution is 6.27. The Labute approximate surface area is 241 Å². The summed E-state index contributed by atoms with van der Waals surface area (Å²) in [5.74, 6) is -3.97. The molecule has 3 heterocycles. The van der Waals surface area contributed by atoms with E-state index in [0.29, 0.717) is 5.57 Å². The van der Waals surface area contributed by atoms with Gasteiger partial charge in [-0.1, -0.05) is 6.08 Å². The van der Waals surface area contributed by atoms with Crippen molar-refractivity contribution >= 4 is 35.0 Å². The van der Waals surface area contributed by atoms with Crippen LogP contribution in [0.25, 0.3) is 0 Å². The third kappa shape index (κ3) is 3.81. The van der Waals surface area contributed by atoms with Crippen LogP contribution in [0.2, 0.25) is 0 Å². The number of fused-ring (bicyclic) bond motifs is 5. The van der Waals surface area contributed by atoms with Gasteiger partial charge in [-0.15, -0.1) is 0 Å². The first kappa shape index (κ1) is 29.3. The van der Waals surface area contributed by atoms with E-state index in [0.717, 1.165) is 0 Å². The molecule has 0 saturated carbocycles. The molecule has 5 rings (SSSR count). The van der Waals surface area contributed by atoms with Crippen molar-refractivity contribution < 1.29 is 48.1 Å². The van der Waals surface area contributed by atoms with E-state index in [-0.39, 0.29) is 51.4 Å². The third-order valence-corrected chi connectivity index (χ3v) is 9.01. The lowest BCUT2D eigenvalue weighted by atomic mass is 9.68. The van der Waals surface area contributed by atoms with E-state index in [4.69, 9.17) is 14.2 Å². The highest BCUT2D eigenvalue weighted by Crippen LogP contribution is 2.47. The lowest BCUT2D eigenvalue weighted by molar-refractivity contribution is -0.164. The predicted octanol–water partition coefficient (Wildman–Crippen LogP) is 0.260. The molecular formula is C30H32N2O10. The van der Waals surface area contributed by atoms with Gasteiger partial charge in [-0.05, 0) is 41.2 Å². The van der Waals surface area contributed by atoms with Gasteiger partial charge in [0.05, 0.1) is 32.3 Å². The first-order chi connectivity index (χ1) is 19.8. The highest BCUT2D eigenvalue weighted by Gasteiger charge is 2.62. The van der Waals surface area contributed by atoms with Crippen LogP contribution in [0.4, 0.5) is 0 Å². The number of nitrogens with zero attached hydrogens (tertiary/aromatic N) is 2. The molecule has 2 unspecified atom stereocenters. The minimum absolute atomic E-state index is 0.0194. The number of hydrogen-bond donors (Lipinski definition) is 1. The zero-order valence-electron chi connectivity index (χ0n) is 24.4. The summed E-state index contributed by atoms with van der Waals surface area (Å²) in [5.41, 5.74) is 0.281. The number of rotatable bonds is 5. The number of aliphatic hydroxyl groups is 1. The Balaban J connectivity index is 1.71. The number of methoxy groups -OCH3 is 2. The van der Waals surface area contributed by atoms with Crippen LogP contribution in [0.5, 0.6) is 0 Å². The summed E-state index contributed by atoms with van der Waals surface area (Å²) in [4.78, 5) is 84.3. The fourth-order valence-corrected chi connectivity index (χ4v) is 6.85. The fraction of sp³-hybridized carbons (Fsp3) is 0.467. The third-order valence-electron chi connectivity index (χ3n) is 9.01. The maximum absolute atomic E-state index is 14.2. The number of esters is 1. The lowest BCUT2D eigenvalue weighted by Gasteiger charge is -2.58. The van der Waals surface area contributed by atoms with Gasteiger partial charge in [0, 0.05) is 39.0 Å². The molecule has 1 fully saturated rings. The van der Waals surface area contributed by atoms with Gasteiger partial charge in [-0.3, -0.25) is 28.9 Å². The van der Waals surface area contributed by atoms with Gasteiger partial charge in [0.2, 0.25) is 17.5 Å². The summed E-state index contributed by atoms with van der Waals surface area (Å²) in [7, 11) is 4.08. The van der Waals surface area contributed by atoms with Gasteiger partial charge in [0.1, 0.15) is 18.8 Å². The minimum atomic E-state index is -1.66. The van der Waals surface area contributed by atoms with Gasteiger partial charge in [0.15, 0.2) is 23.1 Å². The van der Waals surface area contributed by atoms with Crippen LogP contribution in [0, 0.1) is 0 Å². The molecule has 12 nitrogen and oxygen atoms in total. The first-order valence-corrected chi connectivity index (χ1v) is 13.5. The number of aliphatic hydroxyl groups excluding tert-OH is 1. The summed E-state index contributed by atoms with van der Waals surface area (Å²) >= 11 is 0. The number of carbonyl (C=O) groups is 6. The normalized spacial score (nSPS) is 30.1. The Hall–Kier alpha value is -4.16. The van der Waals surface area contributed by atoms with Crippen molar-refractivity contribution in [1.82, 2.24) is 9.80 Å². The van der Waals surface area contributed by atoms with Crippen LogP contribution in [-0.4, -0.2) is 108 Å². The molecule has 2 bridgehead atoms. The quantitative estimate of drug-likeness (QED) is 0.270. The SMILES string of the molecule is C/C=C(/C)C(=O)OC[C@H]1C2=C(C[C@H]3C4C5=C(C(=O)C(C)=C(OC)C5=O)[C@H](O)C(C(=O)N13)N4C)C(=O)C(C)=C(OC)C2=O. The van der Waals surface area contributed by atoms with Crippen molar-refractivity contribution in [2.75, 3.05) is 27.9 Å². The van der Waals surface area contributed by atoms with Crippen LogP contribution in [0.1, 0.15) is 34.1 Å². The number of carbonyl (C=O) groups excluding carboxylic acids is 6. The molecule has 0 radical (unpaired) electrons. The number of amides is 1. The van der Waals surface area contributed by atoms with E-state index < -0.39 is 71.9 Å². The molecular weight excluding hydrogens is 548 g/mol. The molecule has 0 aromatic rings. The van der Waals surface area contributed by atoms with Crippen LogP contribution >= 0.6 is 0 Å². The van der Waals surface area contributed by atoms with E-state index in [1.807, 2.05) is 0 Å². The molecule has 12 heteroatoms. The highest BCUT2D eigenvalue weighted by atomic mass is 16.5. The fourth-order valence-electron chi connectivity index (χ4n) is 6.85. The second kappa shape index (κ2) is 10.3. The van der Waals surface area contributed by atoms with Crippen molar-refractivity contribution in [3.05, 3.63) is 56.6 Å². The van der Waals surface area contributed by atoms with Crippen molar-refractivity contribution in [3.8, 4) is 0 Å². The second-order valence-electron chi connectivity index (χ2n) is 11.0. The number of ether oxygens (including phenoxy) is 3.